The Bertz CT molecular complexity index is 900. The third-order valence-corrected chi connectivity index (χ3v) is 5.03. The van der Waals surface area contributed by atoms with Crippen LogP contribution in [0.15, 0.2) is 36.7 Å². The number of carbonyl (C=O) groups excluding carboxylic acids is 1. The van der Waals surface area contributed by atoms with Crippen molar-refractivity contribution in [2.75, 3.05) is 26.8 Å². The van der Waals surface area contributed by atoms with Gasteiger partial charge in [-0.3, -0.25) is 9.89 Å². The Labute approximate surface area is 152 Å². The summed E-state index contributed by atoms with van der Waals surface area (Å²) in [5.41, 5.74) is 1.39. The number of H-pyrrole nitrogens is 1. The van der Waals surface area contributed by atoms with Crippen LogP contribution in [-0.4, -0.2) is 57.4 Å². The molecule has 1 unspecified atom stereocenters. The molecule has 0 spiro atoms. The molecule has 1 aliphatic heterocycles. The van der Waals surface area contributed by atoms with Gasteiger partial charge in [0.25, 0.3) is 5.91 Å². The number of aromatic amines is 1. The van der Waals surface area contributed by atoms with E-state index in [0.717, 1.165) is 42.7 Å². The Morgan fingerprint density at radius 1 is 1.38 bits per heavy atom. The maximum atomic E-state index is 13.0. The molecule has 4 rings (SSSR count). The highest BCUT2D eigenvalue weighted by Gasteiger charge is 2.29. The van der Waals surface area contributed by atoms with Gasteiger partial charge in [-0.15, -0.1) is 0 Å². The first kappa shape index (κ1) is 16.8. The summed E-state index contributed by atoms with van der Waals surface area (Å²) in [7, 11) is 1.70. The first-order valence-electron chi connectivity index (χ1n) is 9.00. The number of nitrogens with zero attached hydrogens (tertiary/aromatic N) is 4. The SMILES string of the molecule is COCCn1ccnc1C1CCCN(C(=O)c2n[nH]c3ccccc23)C1. The Hall–Kier alpha value is -2.67. The highest BCUT2D eigenvalue weighted by Crippen LogP contribution is 2.27. The lowest BCUT2D eigenvalue weighted by Crippen LogP contribution is -2.40. The lowest BCUT2D eigenvalue weighted by Gasteiger charge is -2.32. The Kier molecular flexibility index (Phi) is 4.71. The van der Waals surface area contributed by atoms with Crippen molar-refractivity contribution in [1.29, 1.82) is 0 Å². The van der Waals surface area contributed by atoms with Gasteiger partial charge in [0, 0.05) is 50.4 Å². The molecule has 3 heterocycles. The van der Waals surface area contributed by atoms with Crippen LogP contribution in [0, 0.1) is 0 Å². The minimum atomic E-state index is -0.0119. The zero-order valence-electron chi connectivity index (χ0n) is 14.9. The number of ether oxygens (including phenoxy) is 1. The number of piperidine rings is 1. The van der Waals surface area contributed by atoms with Crippen LogP contribution in [0.4, 0.5) is 0 Å². The summed E-state index contributed by atoms with van der Waals surface area (Å²) in [6.07, 6.45) is 5.81. The number of rotatable bonds is 5. The molecule has 136 valence electrons. The van der Waals surface area contributed by atoms with Crippen molar-refractivity contribution in [3.8, 4) is 0 Å². The number of likely N-dealkylation sites (tertiary alicyclic amines) is 1. The summed E-state index contributed by atoms with van der Waals surface area (Å²) in [6, 6.07) is 7.74. The molecular formula is C19H23N5O2. The van der Waals surface area contributed by atoms with Crippen molar-refractivity contribution >= 4 is 16.8 Å². The third-order valence-electron chi connectivity index (χ3n) is 5.03. The predicted molar refractivity (Wildman–Crippen MR) is 98.1 cm³/mol. The molecule has 7 nitrogen and oxygen atoms in total. The number of amides is 1. The van der Waals surface area contributed by atoms with Crippen LogP contribution in [0.1, 0.15) is 35.1 Å². The number of methoxy groups -OCH3 is 1. The maximum absolute atomic E-state index is 13.0. The zero-order valence-corrected chi connectivity index (χ0v) is 14.9. The minimum absolute atomic E-state index is 0.0119. The molecule has 1 aliphatic rings. The van der Waals surface area contributed by atoms with Gasteiger partial charge in [0.2, 0.25) is 0 Å². The van der Waals surface area contributed by atoms with Crippen molar-refractivity contribution in [2.45, 2.75) is 25.3 Å². The van der Waals surface area contributed by atoms with Crippen LogP contribution in [-0.2, 0) is 11.3 Å². The number of hydrogen-bond acceptors (Lipinski definition) is 4. The van der Waals surface area contributed by atoms with Crippen molar-refractivity contribution in [3.63, 3.8) is 0 Å². The fourth-order valence-corrected chi connectivity index (χ4v) is 3.71. The van der Waals surface area contributed by atoms with Crippen LogP contribution in [0.2, 0.25) is 0 Å². The van der Waals surface area contributed by atoms with E-state index in [0.29, 0.717) is 18.8 Å². The van der Waals surface area contributed by atoms with Crippen molar-refractivity contribution in [2.24, 2.45) is 0 Å². The van der Waals surface area contributed by atoms with E-state index in [9.17, 15) is 4.79 Å². The van der Waals surface area contributed by atoms with Crippen LogP contribution in [0.25, 0.3) is 10.9 Å². The van der Waals surface area contributed by atoms with Gasteiger partial charge in [0.1, 0.15) is 5.82 Å². The highest BCUT2D eigenvalue weighted by atomic mass is 16.5. The van der Waals surface area contributed by atoms with Crippen LogP contribution in [0.3, 0.4) is 0 Å². The molecule has 1 atom stereocenters. The first-order valence-corrected chi connectivity index (χ1v) is 9.00. The van der Waals surface area contributed by atoms with E-state index in [4.69, 9.17) is 4.74 Å². The molecule has 2 aromatic heterocycles. The maximum Gasteiger partial charge on any atom is 0.275 e. The summed E-state index contributed by atoms with van der Waals surface area (Å²) in [4.78, 5) is 19.5. The van der Waals surface area contributed by atoms with Gasteiger partial charge in [-0.05, 0) is 18.9 Å². The zero-order chi connectivity index (χ0) is 17.9. The first-order chi connectivity index (χ1) is 12.8. The second-order valence-corrected chi connectivity index (χ2v) is 6.68. The average Bonchev–Trinajstić information content (AvgIpc) is 3.33. The van der Waals surface area contributed by atoms with E-state index in [2.05, 4.69) is 19.7 Å². The number of fused-ring (bicyclic) bond motifs is 1. The number of imidazole rings is 1. The number of aromatic nitrogens is 4. The van der Waals surface area contributed by atoms with Crippen LogP contribution >= 0.6 is 0 Å². The molecule has 1 fully saturated rings. The predicted octanol–water partition coefficient (Wildman–Crippen LogP) is 2.43. The number of para-hydroxylation sites is 1. The normalized spacial score (nSPS) is 17.7. The largest absolute Gasteiger partial charge is 0.383 e. The summed E-state index contributed by atoms with van der Waals surface area (Å²) in [6.45, 7) is 2.86. The number of carbonyl (C=O) groups is 1. The van der Waals surface area contributed by atoms with Crippen LogP contribution < -0.4 is 0 Å². The van der Waals surface area contributed by atoms with E-state index < -0.39 is 0 Å². The molecule has 1 amide bonds. The van der Waals surface area contributed by atoms with E-state index in [1.165, 1.54) is 0 Å². The molecule has 1 saturated heterocycles. The number of hydrogen-bond donors (Lipinski definition) is 1. The quantitative estimate of drug-likeness (QED) is 0.764. The fourth-order valence-electron chi connectivity index (χ4n) is 3.71. The molecule has 0 bridgehead atoms. The van der Waals surface area contributed by atoms with Gasteiger partial charge in [0.15, 0.2) is 5.69 Å². The summed E-state index contributed by atoms with van der Waals surface area (Å²) >= 11 is 0. The Morgan fingerprint density at radius 3 is 3.15 bits per heavy atom. The molecule has 3 aromatic rings. The number of benzene rings is 1. The molecule has 0 radical (unpaired) electrons. The molecule has 0 saturated carbocycles. The Morgan fingerprint density at radius 2 is 2.27 bits per heavy atom. The van der Waals surface area contributed by atoms with Crippen molar-refractivity contribution < 1.29 is 9.53 Å². The Balaban J connectivity index is 1.53. The standard InChI is InChI=1S/C19H23N5O2/c1-26-12-11-23-10-8-20-18(23)14-5-4-9-24(13-14)19(25)17-15-6-2-3-7-16(15)21-22-17/h2-3,6-8,10,14H,4-5,9,11-13H2,1H3,(H,21,22). The van der Waals surface area contributed by atoms with Gasteiger partial charge >= 0.3 is 0 Å². The molecule has 0 aliphatic carbocycles. The molecule has 1 N–H and O–H groups in total. The summed E-state index contributed by atoms with van der Waals surface area (Å²) in [5.74, 6) is 1.26. The summed E-state index contributed by atoms with van der Waals surface area (Å²) < 4.78 is 7.31. The van der Waals surface area contributed by atoms with E-state index in [1.54, 1.807) is 7.11 Å². The lowest BCUT2D eigenvalue weighted by atomic mass is 9.96. The van der Waals surface area contributed by atoms with Gasteiger partial charge in [-0.2, -0.15) is 5.10 Å². The number of nitrogens with one attached hydrogen (secondary N) is 1. The molecular weight excluding hydrogens is 330 g/mol. The molecule has 1 aromatic carbocycles. The van der Waals surface area contributed by atoms with E-state index >= 15 is 0 Å². The fraction of sp³-hybridized carbons (Fsp3) is 0.421. The lowest BCUT2D eigenvalue weighted by molar-refractivity contribution is 0.0698. The van der Waals surface area contributed by atoms with Crippen molar-refractivity contribution in [1.82, 2.24) is 24.6 Å². The van der Waals surface area contributed by atoms with E-state index in [-0.39, 0.29) is 11.8 Å². The molecule has 7 heteroatoms. The van der Waals surface area contributed by atoms with Gasteiger partial charge < -0.3 is 14.2 Å². The average molecular weight is 353 g/mol. The minimum Gasteiger partial charge on any atom is -0.383 e. The van der Waals surface area contributed by atoms with Crippen molar-refractivity contribution in [3.05, 3.63) is 48.2 Å². The monoisotopic (exact) mass is 353 g/mol. The second-order valence-electron chi connectivity index (χ2n) is 6.68. The highest BCUT2D eigenvalue weighted by molar-refractivity contribution is 6.04. The van der Waals surface area contributed by atoms with Gasteiger partial charge in [0.05, 0.1) is 12.1 Å². The third kappa shape index (κ3) is 3.10. The smallest absolute Gasteiger partial charge is 0.275 e. The van der Waals surface area contributed by atoms with E-state index in [1.807, 2.05) is 41.6 Å². The van der Waals surface area contributed by atoms with Gasteiger partial charge in [-0.1, -0.05) is 18.2 Å². The van der Waals surface area contributed by atoms with Crippen LogP contribution in [0.5, 0.6) is 0 Å². The summed E-state index contributed by atoms with van der Waals surface area (Å²) in [5, 5.41) is 8.09. The second kappa shape index (κ2) is 7.29. The molecule has 26 heavy (non-hydrogen) atoms. The van der Waals surface area contributed by atoms with Gasteiger partial charge in [-0.25, -0.2) is 4.98 Å². The topological polar surface area (TPSA) is 76.0 Å².